The van der Waals surface area contributed by atoms with Crippen LogP contribution in [0.25, 0.3) is 11.1 Å². The van der Waals surface area contributed by atoms with Crippen molar-refractivity contribution in [2.75, 3.05) is 55.6 Å². The van der Waals surface area contributed by atoms with Gasteiger partial charge in [0.1, 0.15) is 17.5 Å². The van der Waals surface area contributed by atoms with Crippen molar-refractivity contribution < 1.29 is 24.6 Å². The molecule has 1 aliphatic carbocycles. The summed E-state index contributed by atoms with van der Waals surface area (Å²) in [6, 6.07) is 27.8. The Morgan fingerprint density at radius 3 is 2.05 bits per heavy atom. The van der Waals surface area contributed by atoms with E-state index in [9.17, 15) is 24.6 Å². The first-order chi connectivity index (χ1) is 27.3. The van der Waals surface area contributed by atoms with E-state index in [0.717, 1.165) is 94.7 Å². The number of hydrogen-bond donors (Lipinski definition) is 3. The van der Waals surface area contributed by atoms with E-state index in [0.29, 0.717) is 30.2 Å². The van der Waals surface area contributed by atoms with Gasteiger partial charge in [-0.05, 0) is 138 Å². The van der Waals surface area contributed by atoms with Crippen LogP contribution < -0.4 is 15.1 Å². The van der Waals surface area contributed by atoms with Crippen LogP contribution in [0.2, 0.25) is 0 Å². The Morgan fingerprint density at radius 2 is 1.30 bits per heavy atom. The van der Waals surface area contributed by atoms with Crippen LogP contribution in [0.5, 0.6) is 11.5 Å². The maximum atomic E-state index is 13.2. The molecule has 0 aromatic heterocycles. The second-order valence-electron chi connectivity index (χ2n) is 16.1. The molecule has 0 saturated carbocycles. The van der Waals surface area contributed by atoms with Crippen LogP contribution in [0.4, 0.5) is 11.4 Å². The maximum absolute atomic E-state index is 13.2. The van der Waals surface area contributed by atoms with Gasteiger partial charge in [-0.1, -0.05) is 30.3 Å². The number of aromatic hydroxyl groups is 2. The molecule has 4 aromatic carbocycles. The number of hydrogen-bond acceptors (Lipinski definition) is 8. The van der Waals surface area contributed by atoms with Crippen LogP contribution in [0.3, 0.4) is 0 Å². The second-order valence-corrected chi connectivity index (χ2v) is 16.1. The largest absolute Gasteiger partial charge is 0.508 e. The summed E-state index contributed by atoms with van der Waals surface area (Å²) in [5, 5.41) is 22.7. The molecule has 0 bridgehead atoms. The molecular formula is C46H49N5O5. The van der Waals surface area contributed by atoms with E-state index in [1.807, 2.05) is 30.3 Å². The van der Waals surface area contributed by atoms with Crippen LogP contribution in [0.1, 0.15) is 76.7 Å². The van der Waals surface area contributed by atoms with E-state index in [1.54, 1.807) is 23.1 Å². The highest BCUT2D eigenvalue weighted by Crippen LogP contribution is 2.41. The number of nitrogens with one attached hydrogen (secondary N) is 1. The molecule has 4 heterocycles. The average molecular weight is 752 g/mol. The lowest BCUT2D eigenvalue weighted by molar-refractivity contribution is -0.136. The van der Waals surface area contributed by atoms with Crippen molar-refractivity contribution in [1.29, 1.82) is 0 Å². The first kappa shape index (κ1) is 36.1. The van der Waals surface area contributed by atoms with Crippen molar-refractivity contribution in [3.05, 3.63) is 118 Å². The van der Waals surface area contributed by atoms with Gasteiger partial charge in [0.05, 0.1) is 0 Å². The molecule has 10 heteroatoms. The lowest BCUT2D eigenvalue weighted by Gasteiger charge is -2.40. The number of fused-ring (bicyclic) bond motifs is 2. The predicted molar refractivity (Wildman–Crippen MR) is 218 cm³/mol. The highest BCUT2D eigenvalue weighted by molar-refractivity contribution is 6.05. The van der Waals surface area contributed by atoms with Gasteiger partial charge in [-0.3, -0.25) is 24.6 Å². The number of nitrogens with zero attached hydrogens (tertiary/aromatic N) is 4. The Kier molecular flexibility index (Phi) is 9.75. The SMILES string of the molecule is O=C1CC[C@H](N2Cc3cc(N4CCN(CC5CCN(c6ccc(C7=C(c8ccc(O)cc8)CCCc8cc(O)ccc87)cc6)CC5)CC4)ccc3C2=O)C(=O)N1. The highest BCUT2D eigenvalue weighted by atomic mass is 16.3. The number of phenolic OH excluding ortho intramolecular Hbond substituents is 2. The van der Waals surface area contributed by atoms with E-state index in [1.165, 1.54) is 33.5 Å². The summed E-state index contributed by atoms with van der Waals surface area (Å²) in [5.74, 6) is 0.452. The van der Waals surface area contributed by atoms with Crippen molar-refractivity contribution in [2.45, 2.75) is 57.5 Å². The van der Waals surface area contributed by atoms with Crippen LogP contribution >= 0.6 is 0 Å². The maximum Gasteiger partial charge on any atom is 0.255 e. The molecule has 0 spiro atoms. The first-order valence-electron chi connectivity index (χ1n) is 20.2. The van der Waals surface area contributed by atoms with Gasteiger partial charge < -0.3 is 24.9 Å². The first-order valence-corrected chi connectivity index (χ1v) is 20.2. The van der Waals surface area contributed by atoms with Crippen LogP contribution in [-0.2, 0) is 22.6 Å². The predicted octanol–water partition coefficient (Wildman–Crippen LogP) is 6.19. The molecule has 4 aliphatic heterocycles. The summed E-state index contributed by atoms with van der Waals surface area (Å²) in [7, 11) is 0. The van der Waals surface area contributed by atoms with Crippen LogP contribution in [0, 0.1) is 5.92 Å². The highest BCUT2D eigenvalue weighted by Gasteiger charge is 2.39. The fourth-order valence-corrected chi connectivity index (χ4v) is 9.58. The standard InChI is InChI=1S/C46H49N5O5/c52-37-11-6-31(7-12-37)39-3-1-2-33-27-38(53)13-15-40(33)44(39)32-4-8-35(9-5-32)49-20-18-30(19-21-49)28-48-22-24-50(25-23-48)36-10-14-41-34(26-36)29-51(46(41)56)42-16-17-43(54)47-45(42)55/h4-15,26-27,30,42,52-53H,1-3,16-25,28-29H2,(H,47,54,55)/t42-/m0/s1. The van der Waals surface area contributed by atoms with Gasteiger partial charge in [-0.25, -0.2) is 0 Å². The minimum atomic E-state index is -0.594. The Bertz CT molecular complexity index is 2180. The number of amides is 3. The molecule has 0 radical (unpaired) electrons. The van der Waals surface area contributed by atoms with Gasteiger partial charge in [0.15, 0.2) is 0 Å². The zero-order valence-corrected chi connectivity index (χ0v) is 31.8. The number of piperazine rings is 1. The summed E-state index contributed by atoms with van der Waals surface area (Å²) in [5.41, 5.74) is 11.1. The third kappa shape index (κ3) is 7.14. The summed E-state index contributed by atoms with van der Waals surface area (Å²) >= 11 is 0. The lowest BCUT2D eigenvalue weighted by atomic mass is 9.87. The van der Waals surface area contributed by atoms with Gasteiger partial charge in [0.25, 0.3) is 5.91 Å². The minimum Gasteiger partial charge on any atom is -0.508 e. The van der Waals surface area contributed by atoms with Gasteiger partial charge >= 0.3 is 0 Å². The number of phenols is 2. The number of carbonyl (C=O) groups excluding carboxylic acids is 3. The second kappa shape index (κ2) is 15.1. The van der Waals surface area contributed by atoms with Crippen molar-refractivity contribution in [3.63, 3.8) is 0 Å². The average Bonchev–Trinajstić information content (AvgIpc) is 3.41. The van der Waals surface area contributed by atoms with E-state index >= 15 is 0 Å². The zero-order chi connectivity index (χ0) is 38.3. The number of benzene rings is 4. The lowest BCUT2D eigenvalue weighted by Crippen LogP contribution is -2.52. The molecule has 56 heavy (non-hydrogen) atoms. The molecule has 5 aliphatic rings. The monoisotopic (exact) mass is 751 g/mol. The molecule has 3 amide bonds. The molecule has 9 rings (SSSR count). The molecule has 3 fully saturated rings. The minimum absolute atomic E-state index is 0.129. The number of aryl methyl sites for hydroxylation is 1. The van der Waals surface area contributed by atoms with Gasteiger partial charge in [0.2, 0.25) is 11.8 Å². The van der Waals surface area contributed by atoms with E-state index in [2.05, 4.69) is 56.4 Å². The molecule has 3 N–H and O–H groups in total. The molecule has 0 unspecified atom stereocenters. The zero-order valence-electron chi connectivity index (χ0n) is 31.8. The topological polar surface area (TPSA) is 117 Å². The third-order valence-electron chi connectivity index (χ3n) is 12.6. The van der Waals surface area contributed by atoms with E-state index < -0.39 is 6.04 Å². The summed E-state index contributed by atoms with van der Waals surface area (Å²) in [6.45, 7) is 7.47. The summed E-state index contributed by atoms with van der Waals surface area (Å²) in [4.78, 5) is 46.4. The summed E-state index contributed by atoms with van der Waals surface area (Å²) in [6.07, 6.45) is 5.78. The quantitative estimate of drug-likeness (QED) is 0.192. The van der Waals surface area contributed by atoms with Crippen molar-refractivity contribution in [2.24, 2.45) is 5.92 Å². The normalized spacial score (nSPS) is 20.9. The molecule has 4 aromatic rings. The molecule has 10 nitrogen and oxygen atoms in total. The third-order valence-corrected chi connectivity index (χ3v) is 12.6. The number of anilines is 2. The van der Waals surface area contributed by atoms with Gasteiger partial charge in [-0.2, -0.15) is 0 Å². The molecule has 3 saturated heterocycles. The Balaban J connectivity index is 0.802. The number of carbonyl (C=O) groups is 3. The smallest absolute Gasteiger partial charge is 0.255 e. The molecular weight excluding hydrogens is 703 g/mol. The van der Waals surface area contributed by atoms with Crippen LogP contribution in [0.15, 0.2) is 84.9 Å². The fourth-order valence-electron chi connectivity index (χ4n) is 9.58. The fraction of sp³-hybridized carbons (Fsp3) is 0.370. The Hall–Kier alpha value is -5.61. The van der Waals surface area contributed by atoms with E-state index in [4.69, 9.17) is 0 Å². The number of imide groups is 1. The number of allylic oxidation sites excluding steroid dienone is 1. The van der Waals surface area contributed by atoms with Crippen LogP contribution in [-0.4, -0.2) is 89.6 Å². The number of rotatable bonds is 7. The molecule has 1 atom stereocenters. The van der Waals surface area contributed by atoms with Crippen molar-refractivity contribution in [3.8, 4) is 11.5 Å². The Morgan fingerprint density at radius 1 is 0.625 bits per heavy atom. The van der Waals surface area contributed by atoms with Crippen molar-refractivity contribution >= 4 is 40.2 Å². The summed E-state index contributed by atoms with van der Waals surface area (Å²) < 4.78 is 0. The van der Waals surface area contributed by atoms with Crippen molar-refractivity contribution in [1.82, 2.24) is 15.1 Å². The number of piperidine rings is 2. The van der Waals surface area contributed by atoms with Gasteiger partial charge in [0, 0.05) is 75.7 Å². The van der Waals surface area contributed by atoms with E-state index in [-0.39, 0.29) is 29.9 Å². The Labute approximate surface area is 328 Å². The van der Waals surface area contributed by atoms with Gasteiger partial charge in [-0.15, -0.1) is 0 Å². The molecule has 288 valence electrons.